The van der Waals surface area contributed by atoms with Crippen LogP contribution in [0.2, 0.25) is 0 Å². The second-order valence-corrected chi connectivity index (χ2v) is 7.85. The Hall–Kier alpha value is -1.58. The molecular weight excluding hydrogens is 391 g/mol. The summed E-state index contributed by atoms with van der Waals surface area (Å²) in [4.78, 5) is 0. The molecule has 0 unspecified atom stereocenters. The molecule has 0 radical (unpaired) electrons. The highest BCUT2D eigenvalue weighted by molar-refractivity contribution is 6.55. The van der Waals surface area contributed by atoms with E-state index >= 15 is 4.39 Å². The van der Waals surface area contributed by atoms with Crippen LogP contribution >= 0.6 is 0 Å². The van der Waals surface area contributed by atoms with Gasteiger partial charge in [-0.05, 0) is 63.8 Å². The predicted molar refractivity (Wildman–Crippen MR) is 103 cm³/mol. The molecule has 1 aromatic carbocycles. The summed E-state index contributed by atoms with van der Waals surface area (Å²) >= 11 is 0. The van der Waals surface area contributed by atoms with Gasteiger partial charge in [-0.2, -0.15) is 0 Å². The van der Waals surface area contributed by atoms with Gasteiger partial charge in [0.15, 0.2) is 0 Å². The molecule has 0 bridgehead atoms. The Balaban J connectivity index is 2.30. The van der Waals surface area contributed by atoms with E-state index in [1.807, 2.05) is 34.6 Å². The fourth-order valence-corrected chi connectivity index (χ4v) is 2.77. The molecule has 0 N–H and O–H groups in total. The molecule has 9 heteroatoms. The van der Waals surface area contributed by atoms with E-state index in [0.29, 0.717) is 12.2 Å². The average molecular weight is 418 g/mol. The zero-order valence-electron chi connectivity index (χ0n) is 17.4. The Kier molecular flexibility index (Phi) is 7.40. The van der Waals surface area contributed by atoms with Gasteiger partial charge in [0, 0.05) is 6.61 Å². The highest BCUT2D eigenvalue weighted by Crippen LogP contribution is 2.40. The third-order valence-corrected chi connectivity index (χ3v) is 5.03. The zero-order chi connectivity index (χ0) is 21.9. The third kappa shape index (κ3) is 6.20. The van der Waals surface area contributed by atoms with Crippen molar-refractivity contribution in [2.75, 3.05) is 13.2 Å². The van der Waals surface area contributed by atoms with E-state index in [4.69, 9.17) is 14.0 Å². The summed E-state index contributed by atoms with van der Waals surface area (Å²) in [6.07, 6.45) is -3.75. The molecule has 0 atom stereocenters. The van der Waals surface area contributed by atoms with E-state index < -0.39 is 30.4 Å². The largest absolute Gasteiger partial charge is 0.573 e. The lowest BCUT2D eigenvalue weighted by atomic mass is 9.82. The zero-order valence-corrected chi connectivity index (χ0v) is 17.4. The molecule has 0 amide bonds. The molecule has 162 valence electrons. The van der Waals surface area contributed by atoms with Crippen LogP contribution in [0.25, 0.3) is 5.57 Å². The summed E-state index contributed by atoms with van der Waals surface area (Å²) in [6, 6.07) is 5.04. The number of rotatable bonds is 8. The van der Waals surface area contributed by atoms with Crippen LogP contribution in [-0.4, -0.2) is 37.9 Å². The van der Waals surface area contributed by atoms with Crippen molar-refractivity contribution in [2.24, 2.45) is 0 Å². The van der Waals surface area contributed by atoms with Crippen molar-refractivity contribution in [1.82, 2.24) is 0 Å². The summed E-state index contributed by atoms with van der Waals surface area (Å²) in [5.74, 6) is -0.376. The monoisotopic (exact) mass is 418 g/mol. The minimum Gasteiger partial charge on any atom is -0.406 e. The molecule has 1 aliphatic rings. The first kappa shape index (κ1) is 23.7. The first-order valence-electron chi connectivity index (χ1n) is 9.54. The van der Waals surface area contributed by atoms with Crippen molar-refractivity contribution >= 4 is 12.7 Å². The van der Waals surface area contributed by atoms with Gasteiger partial charge in [0.2, 0.25) is 0 Å². The van der Waals surface area contributed by atoms with E-state index in [0.717, 1.165) is 18.6 Å². The standard InChI is InChI=1S/C20H27BF4O4/c1-6-12-26-13-11-16(14-7-9-15(10-8-14)27-20(23,24)25)17(22)21-28-18(2,3)19(4,5)29-21/h7-10H,6,11-13H2,1-5H3. The fourth-order valence-electron chi connectivity index (χ4n) is 2.77. The van der Waals surface area contributed by atoms with Crippen LogP contribution in [0.1, 0.15) is 53.0 Å². The van der Waals surface area contributed by atoms with E-state index in [9.17, 15) is 13.2 Å². The molecule has 0 aromatic heterocycles. The van der Waals surface area contributed by atoms with Crippen molar-refractivity contribution in [2.45, 2.75) is 65.0 Å². The van der Waals surface area contributed by atoms with Gasteiger partial charge in [-0.3, -0.25) is 0 Å². The second kappa shape index (κ2) is 9.06. The van der Waals surface area contributed by atoms with E-state index in [1.54, 1.807) is 0 Å². The van der Waals surface area contributed by atoms with Crippen molar-refractivity contribution in [1.29, 1.82) is 0 Å². The molecule has 0 aliphatic carbocycles. The van der Waals surface area contributed by atoms with Gasteiger partial charge in [0.1, 0.15) is 11.5 Å². The maximum Gasteiger partial charge on any atom is 0.573 e. The Bertz CT molecular complexity index is 698. The van der Waals surface area contributed by atoms with Crippen molar-refractivity contribution in [3.63, 3.8) is 0 Å². The van der Waals surface area contributed by atoms with Gasteiger partial charge >= 0.3 is 13.5 Å². The smallest absolute Gasteiger partial charge is 0.406 e. The highest BCUT2D eigenvalue weighted by Gasteiger charge is 2.53. The maximum absolute atomic E-state index is 15.4. The third-order valence-electron chi connectivity index (χ3n) is 5.03. The maximum atomic E-state index is 15.4. The molecule has 1 saturated heterocycles. The summed E-state index contributed by atoms with van der Waals surface area (Å²) in [5, 5.41) is 0. The predicted octanol–water partition coefficient (Wildman–Crippen LogP) is 5.71. The molecule has 0 spiro atoms. The Morgan fingerprint density at radius 1 is 1.00 bits per heavy atom. The first-order valence-corrected chi connectivity index (χ1v) is 9.54. The van der Waals surface area contributed by atoms with Gasteiger partial charge in [0.05, 0.1) is 17.8 Å². The quantitative estimate of drug-likeness (QED) is 0.308. The normalized spacial score (nSPS) is 19.3. The van der Waals surface area contributed by atoms with Crippen LogP contribution < -0.4 is 4.74 Å². The summed E-state index contributed by atoms with van der Waals surface area (Å²) in [5.41, 5.74) is -1.38. The van der Waals surface area contributed by atoms with Crippen molar-refractivity contribution in [3.8, 4) is 5.75 Å². The number of hydrogen-bond donors (Lipinski definition) is 0. The molecule has 1 aromatic rings. The molecule has 1 heterocycles. The molecule has 1 fully saturated rings. The van der Waals surface area contributed by atoms with Gasteiger partial charge in [-0.1, -0.05) is 19.1 Å². The molecule has 2 rings (SSSR count). The Labute approximate surface area is 169 Å². The number of halogens is 4. The van der Waals surface area contributed by atoms with Crippen LogP contribution in [0.15, 0.2) is 30.0 Å². The second-order valence-electron chi connectivity index (χ2n) is 7.85. The van der Waals surface area contributed by atoms with Gasteiger partial charge in [0.25, 0.3) is 0 Å². The summed E-state index contributed by atoms with van der Waals surface area (Å²) < 4.78 is 73.4. The van der Waals surface area contributed by atoms with Crippen LogP contribution in [0.4, 0.5) is 17.6 Å². The van der Waals surface area contributed by atoms with E-state index in [1.165, 1.54) is 12.1 Å². The number of benzene rings is 1. The minimum atomic E-state index is -4.79. The Morgan fingerprint density at radius 2 is 1.55 bits per heavy atom. The molecular formula is C20H27BF4O4. The minimum absolute atomic E-state index is 0.218. The van der Waals surface area contributed by atoms with E-state index in [2.05, 4.69) is 4.74 Å². The molecule has 4 nitrogen and oxygen atoms in total. The van der Waals surface area contributed by atoms with Crippen LogP contribution in [0.5, 0.6) is 5.75 Å². The molecule has 29 heavy (non-hydrogen) atoms. The number of hydrogen-bond acceptors (Lipinski definition) is 4. The van der Waals surface area contributed by atoms with Crippen LogP contribution in [0, 0.1) is 0 Å². The first-order chi connectivity index (χ1) is 13.4. The average Bonchev–Trinajstić information content (AvgIpc) is 2.82. The molecule has 1 aliphatic heterocycles. The fraction of sp³-hybridized carbons (Fsp3) is 0.600. The molecule has 0 saturated carbocycles. The Morgan fingerprint density at radius 3 is 2.03 bits per heavy atom. The SMILES string of the molecule is CCCOCCC(=C(F)B1OC(C)(C)C(C)(C)O1)c1ccc(OC(F)(F)F)cc1. The lowest BCUT2D eigenvalue weighted by Crippen LogP contribution is -2.41. The van der Waals surface area contributed by atoms with Crippen molar-refractivity contribution in [3.05, 3.63) is 35.6 Å². The van der Waals surface area contributed by atoms with Crippen LogP contribution in [0.3, 0.4) is 0 Å². The summed E-state index contributed by atoms with van der Waals surface area (Å²) in [6.45, 7) is 10.0. The summed E-state index contributed by atoms with van der Waals surface area (Å²) in [7, 11) is -1.20. The van der Waals surface area contributed by atoms with E-state index in [-0.39, 0.29) is 24.4 Å². The number of ether oxygens (including phenoxy) is 2. The van der Waals surface area contributed by atoms with Crippen LogP contribution in [-0.2, 0) is 14.0 Å². The van der Waals surface area contributed by atoms with Gasteiger partial charge in [-0.25, -0.2) is 4.39 Å². The van der Waals surface area contributed by atoms with Gasteiger partial charge < -0.3 is 18.8 Å². The lowest BCUT2D eigenvalue weighted by Gasteiger charge is -2.32. The van der Waals surface area contributed by atoms with Gasteiger partial charge in [-0.15, -0.1) is 13.2 Å². The van der Waals surface area contributed by atoms with Crippen molar-refractivity contribution < 1.29 is 36.3 Å². The topological polar surface area (TPSA) is 36.9 Å². The highest BCUT2D eigenvalue weighted by atomic mass is 19.4. The number of alkyl halides is 3. The lowest BCUT2D eigenvalue weighted by molar-refractivity contribution is -0.274.